The highest BCUT2D eigenvalue weighted by molar-refractivity contribution is 7.99. The molecule has 1 N–H and O–H groups in total. The first-order valence-electron chi connectivity index (χ1n) is 5.25. The van der Waals surface area contributed by atoms with E-state index in [9.17, 15) is 4.79 Å². The molecule has 1 aliphatic rings. The minimum Gasteiger partial charge on any atom is -0.372 e. The maximum Gasteiger partial charge on any atom is 0.252 e. The highest BCUT2D eigenvalue weighted by atomic mass is 32.2. The summed E-state index contributed by atoms with van der Waals surface area (Å²) in [6.07, 6.45) is 1.07. The molecule has 0 fully saturated rings. The first-order chi connectivity index (χ1) is 7.81. The van der Waals surface area contributed by atoms with Gasteiger partial charge in [-0.1, -0.05) is 11.8 Å². The number of amides is 1. The normalized spacial score (nSPS) is 14.6. The predicted octanol–water partition coefficient (Wildman–Crippen LogP) is 0.749. The molecule has 2 rings (SSSR count). The molecule has 0 bridgehead atoms. The Morgan fingerprint density at radius 2 is 2.50 bits per heavy atom. The van der Waals surface area contributed by atoms with Crippen LogP contribution >= 0.6 is 11.8 Å². The van der Waals surface area contributed by atoms with Crippen molar-refractivity contribution < 1.29 is 9.53 Å². The number of ether oxygens (including phenoxy) is 1. The minimum absolute atomic E-state index is 0.0613. The summed E-state index contributed by atoms with van der Waals surface area (Å²) in [6.45, 7) is 3.30. The summed E-state index contributed by atoms with van der Waals surface area (Å²) in [7, 11) is 0. The number of carbonyl (C=O) groups is 1. The summed E-state index contributed by atoms with van der Waals surface area (Å²) in [5.41, 5.74) is 0. The fourth-order valence-corrected chi connectivity index (χ4v) is 2.32. The van der Waals surface area contributed by atoms with E-state index in [0.717, 1.165) is 23.9 Å². The zero-order valence-corrected chi connectivity index (χ0v) is 9.92. The van der Waals surface area contributed by atoms with Crippen LogP contribution in [0.1, 0.15) is 13.3 Å². The van der Waals surface area contributed by atoms with E-state index in [2.05, 4.69) is 15.5 Å². The number of anilines is 1. The molecule has 88 valence electrons. The summed E-state index contributed by atoms with van der Waals surface area (Å²) in [5, 5.41) is 11.5. The number of rotatable bonds is 4. The number of nitrogens with one attached hydrogen (secondary N) is 1. The molecule has 0 atom stereocenters. The summed E-state index contributed by atoms with van der Waals surface area (Å²) in [5.74, 6) is 1.39. The first kappa shape index (κ1) is 11.4. The van der Waals surface area contributed by atoms with Gasteiger partial charge in [-0.25, -0.2) is 0 Å². The van der Waals surface area contributed by atoms with Gasteiger partial charge in [-0.05, 0) is 13.3 Å². The van der Waals surface area contributed by atoms with Crippen LogP contribution in [0, 0.1) is 0 Å². The Hall–Kier alpha value is -1.08. The molecule has 1 aliphatic heterocycles. The molecule has 1 amide bonds. The molecule has 0 aliphatic carbocycles. The maximum absolute atomic E-state index is 11.4. The quantitative estimate of drug-likeness (QED) is 0.843. The third kappa shape index (κ3) is 2.53. The third-order valence-corrected chi connectivity index (χ3v) is 3.22. The average molecular weight is 242 g/mol. The second-order valence-corrected chi connectivity index (χ2v) is 4.41. The fourth-order valence-electron chi connectivity index (χ4n) is 1.43. The molecule has 2 heterocycles. The van der Waals surface area contributed by atoms with Gasteiger partial charge in [-0.15, -0.1) is 10.2 Å². The van der Waals surface area contributed by atoms with Crippen LogP contribution in [0.3, 0.4) is 0 Å². The molecule has 0 aromatic carbocycles. The van der Waals surface area contributed by atoms with Crippen LogP contribution in [0.2, 0.25) is 0 Å². The lowest BCUT2D eigenvalue weighted by atomic mass is 10.5. The topological polar surface area (TPSA) is 69.0 Å². The van der Waals surface area contributed by atoms with Gasteiger partial charge in [0.15, 0.2) is 5.16 Å². The van der Waals surface area contributed by atoms with Gasteiger partial charge < -0.3 is 4.74 Å². The van der Waals surface area contributed by atoms with Gasteiger partial charge >= 0.3 is 0 Å². The molecule has 0 spiro atoms. The Labute approximate surface area is 97.8 Å². The number of hydrogen-bond donors (Lipinski definition) is 1. The van der Waals surface area contributed by atoms with Crippen molar-refractivity contribution in [3.63, 3.8) is 0 Å². The maximum atomic E-state index is 11.4. The highest BCUT2D eigenvalue weighted by Crippen LogP contribution is 2.25. The molecule has 6 nitrogen and oxygen atoms in total. The molecule has 7 heteroatoms. The third-order valence-electron chi connectivity index (χ3n) is 2.16. The van der Waals surface area contributed by atoms with Gasteiger partial charge in [0, 0.05) is 18.9 Å². The predicted molar refractivity (Wildman–Crippen MR) is 60.5 cm³/mol. The summed E-state index contributed by atoms with van der Waals surface area (Å²) < 4.78 is 6.94. The Morgan fingerprint density at radius 1 is 1.62 bits per heavy atom. The van der Waals surface area contributed by atoms with E-state index >= 15 is 0 Å². The highest BCUT2D eigenvalue weighted by Gasteiger charge is 2.17. The Kier molecular flexibility index (Phi) is 3.79. The lowest BCUT2D eigenvalue weighted by Crippen LogP contribution is -2.21. The zero-order valence-electron chi connectivity index (χ0n) is 9.10. The van der Waals surface area contributed by atoms with Gasteiger partial charge in [0.05, 0.1) is 0 Å². The number of carbonyl (C=O) groups excluding carboxylic acids is 1. The van der Waals surface area contributed by atoms with E-state index in [1.165, 1.54) is 0 Å². The fraction of sp³-hybridized carbons (Fsp3) is 0.667. The molecule has 16 heavy (non-hydrogen) atoms. The number of fused-ring (bicyclic) bond motifs is 1. The Bertz CT molecular complexity index is 380. The molecular weight excluding hydrogens is 228 g/mol. The van der Waals surface area contributed by atoms with Crippen LogP contribution in [0.15, 0.2) is 5.16 Å². The van der Waals surface area contributed by atoms with E-state index in [0.29, 0.717) is 12.6 Å². The van der Waals surface area contributed by atoms with Crippen molar-refractivity contribution in [1.29, 1.82) is 0 Å². The van der Waals surface area contributed by atoms with Crippen LogP contribution in [-0.4, -0.2) is 39.6 Å². The molecular formula is C9H14N4O2S. The molecule has 1 aromatic heterocycles. The van der Waals surface area contributed by atoms with E-state index < -0.39 is 0 Å². The molecule has 0 unspecified atom stereocenters. The number of aromatic nitrogens is 3. The lowest BCUT2D eigenvalue weighted by molar-refractivity contribution is -0.120. The molecule has 0 saturated heterocycles. The Morgan fingerprint density at radius 3 is 3.31 bits per heavy atom. The average Bonchev–Trinajstić information content (AvgIpc) is 2.70. The van der Waals surface area contributed by atoms with E-state index in [4.69, 9.17) is 4.74 Å². The van der Waals surface area contributed by atoms with Gasteiger partial charge in [0.2, 0.25) is 5.95 Å². The number of nitrogens with zero attached hydrogens (tertiary/aromatic N) is 3. The summed E-state index contributed by atoms with van der Waals surface area (Å²) in [6, 6.07) is 0. The van der Waals surface area contributed by atoms with E-state index in [1.807, 2.05) is 11.5 Å². The zero-order chi connectivity index (χ0) is 11.4. The smallest absolute Gasteiger partial charge is 0.252 e. The van der Waals surface area contributed by atoms with Crippen LogP contribution < -0.4 is 5.32 Å². The molecule has 0 saturated carbocycles. The standard InChI is InChI=1S/C9H14N4O2S/c1-2-15-6-7(14)10-8-11-12-9-13(8)4-3-5-16-9/h2-6H2,1H3,(H,10,11,14). The lowest BCUT2D eigenvalue weighted by Gasteiger charge is -2.14. The SMILES string of the molecule is CCOCC(=O)Nc1nnc2n1CCCS2. The van der Waals surface area contributed by atoms with Gasteiger partial charge in [-0.2, -0.15) is 0 Å². The van der Waals surface area contributed by atoms with Crippen LogP contribution in [0.5, 0.6) is 0 Å². The van der Waals surface area contributed by atoms with Crippen molar-refractivity contribution >= 4 is 23.6 Å². The van der Waals surface area contributed by atoms with Gasteiger partial charge in [0.1, 0.15) is 6.61 Å². The van der Waals surface area contributed by atoms with Crippen molar-refractivity contribution in [2.24, 2.45) is 0 Å². The first-order valence-corrected chi connectivity index (χ1v) is 6.23. The largest absolute Gasteiger partial charge is 0.372 e. The van der Waals surface area contributed by atoms with Crippen molar-refractivity contribution in [2.45, 2.75) is 25.0 Å². The number of thioether (sulfide) groups is 1. The van der Waals surface area contributed by atoms with Crippen LogP contribution in [0.25, 0.3) is 0 Å². The number of hydrogen-bond acceptors (Lipinski definition) is 5. The van der Waals surface area contributed by atoms with Crippen LogP contribution in [-0.2, 0) is 16.1 Å². The van der Waals surface area contributed by atoms with Gasteiger partial charge in [0.25, 0.3) is 5.91 Å². The summed E-state index contributed by atoms with van der Waals surface area (Å²) >= 11 is 1.66. The monoisotopic (exact) mass is 242 g/mol. The summed E-state index contributed by atoms with van der Waals surface area (Å²) in [4.78, 5) is 11.4. The second-order valence-electron chi connectivity index (χ2n) is 3.35. The van der Waals surface area contributed by atoms with Gasteiger partial charge in [-0.3, -0.25) is 14.7 Å². The van der Waals surface area contributed by atoms with Crippen molar-refractivity contribution in [3.8, 4) is 0 Å². The van der Waals surface area contributed by atoms with Crippen LogP contribution in [0.4, 0.5) is 5.95 Å². The minimum atomic E-state index is -0.187. The Balaban J connectivity index is 1.99. The molecule has 1 aromatic rings. The van der Waals surface area contributed by atoms with Crippen molar-refractivity contribution in [3.05, 3.63) is 0 Å². The second kappa shape index (κ2) is 5.31. The van der Waals surface area contributed by atoms with Crippen molar-refractivity contribution in [1.82, 2.24) is 14.8 Å². The van der Waals surface area contributed by atoms with Crippen molar-refractivity contribution in [2.75, 3.05) is 24.3 Å². The van der Waals surface area contributed by atoms with E-state index in [1.54, 1.807) is 11.8 Å². The van der Waals surface area contributed by atoms with E-state index in [-0.39, 0.29) is 12.5 Å². The molecule has 0 radical (unpaired) electrons.